The maximum absolute atomic E-state index is 11.6. The molecule has 3 N–H and O–H groups in total. The number of nitrogens with one attached hydrogen (secondary N) is 1. The predicted octanol–water partition coefficient (Wildman–Crippen LogP) is 0.558. The Bertz CT molecular complexity index is 302. The Morgan fingerprint density at radius 2 is 2.06 bits per heavy atom. The van der Waals surface area contributed by atoms with Gasteiger partial charge < -0.3 is 16.0 Å². The SMILES string of the molecule is CN(C(N)=NCCNC(=O)C(C)(C)C)C1CC1. The first-order valence-corrected chi connectivity index (χ1v) is 6.13. The van der Waals surface area contributed by atoms with E-state index in [9.17, 15) is 4.79 Å². The van der Waals surface area contributed by atoms with E-state index < -0.39 is 0 Å². The van der Waals surface area contributed by atoms with Gasteiger partial charge in [0.2, 0.25) is 5.91 Å². The molecule has 0 aromatic rings. The molecule has 5 nitrogen and oxygen atoms in total. The van der Waals surface area contributed by atoms with E-state index in [1.165, 1.54) is 12.8 Å². The van der Waals surface area contributed by atoms with E-state index in [1.54, 1.807) is 0 Å². The summed E-state index contributed by atoms with van der Waals surface area (Å²) in [4.78, 5) is 17.8. The summed E-state index contributed by atoms with van der Waals surface area (Å²) in [5.41, 5.74) is 5.48. The zero-order valence-electron chi connectivity index (χ0n) is 11.3. The molecule has 0 heterocycles. The highest BCUT2D eigenvalue weighted by Gasteiger charge is 2.27. The maximum atomic E-state index is 11.6. The number of guanidine groups is 1. The summed E-state index contributed by atoms with van der Waals surface area (Å²) in [7, 11) is 1.96. The van der Waals surface area contributed by atoms with Crippen molar-refractivity contribution in [3.63, 3.8) is 0 Å². The molecule has 0 atom stereocenters. The van der Waals surface area contributed by atoms with Crippen LogP contribution >= 0.6 is 0 Å². The lowest BCUT2D eigenvalue weighted by Gasteiger charge is -2.18. The fourth-order valence-corrected chi connectivity index (χ4v) is 1.37. The van der Waals surface area contributed by atoms with Crippen molar-refractivity contribution in [3.05, 3.63) is 0 Å². The zero-order valence-corrected chi connectivity index (χ0v) is 11.3. The number of carbonyl (C=O) groups is 1. The minimum Gasteiger partial charge on any atom is -0.370 e. The summed E-state index contributed by atoms with van der Waals surface area (Å²) in [6.07, 6.45) is 2.40. The summed E-state index contributed by atoms with van der Waals surface area (Å²) in [6.45, 7) is 6.74. The number of carbonyl (C=O) groups excluding carboxylic acids is 1. The van der Waals surface area contributed by atoms with E-state index >= 15 is 0 Å². The third-order valence-electron chi connectivity index (χ3n) is 2.81. The summed E-state index contributed by atoms with van der Waals surface area (Å²) >= 11 is 0. The van der Waals surface area contributed by atoms with Gasteiger partial charge in [-0.1, -0.05) is 20.8 Å². The molecule has 1 aliphatic rings. The van der Waals surface area contributed by atoms with E-state index in [-0.39, 0.29) is 11.3 Å². The van der Waals surface area contributed by atoms with Gasteiger partial charge in [0.1, 0.15) is 0 Å². The van der Waals surface area contributed by atoms with Crippen LogP contribution in [0.1, 0.15) is 33.6 Å². The molecule has 1 amide bonds. The van der Waals surface area contributed by atoms with Crippen LogP contribution in [0.2, 0.25) is 0 Å². The highest BCUT2D eigenvalue weighted by atomic mass is 16.2. The van der Waals surface area contributed by atoms with Crippen LogP contribution in [0.4, 0.5) is 0 Å². The quantitative estimate of drug-likeness (QED) is 0.428. The van der Waals surface area contributed by atoms with Gasteiger partial charge in [-0.25, -0.2) is 0 Å². The molecule has 0 radical (unpaired) electrons. The molecule has 0 aromatic heterocycles. The second-order valence-corrected chi connectivity index (χ2v) is 5.59. The molecule has 1 rings (SSSR count). The normalized spacial score (nSPS) is 16.8. The molecule has 0 bridgehead atoms. The third-order valence-corrected chi connectivity index (χ3v) is 2.81. The van der Waals surface area contributed by atoms with Gasteiger partial charge in [-0.2, -0.15) is 0 Å². The van der Waals surface area contributed by atoms with E-state index in [1.807, 2.05) is 32.7 Å². The largest absolute Gasteiger partial charge is 0.370 e. The Morgan fingerprint density at radius 3 is 2.53 bits per heavy atom. The topological polar surface area (TPSA) is 70.7 Å². The molecular weight excluding hydrogens is 216 g/mol. The summed E-state index contributed by atoms with van der Waals surface area (Å²) in [5, 5.41) is 2.84. The van der Waals surface area contributed by atoms with Gasteiger partial charge in [0.25, 0.3) is 0 Å². The first-order chi connectivity index (χ1) is 7.82. The summed E-state index contributed by atoms with van der Waals surface area (Å²) in [6, 6.07) is 0.572. The highest BCUT2D eigenvalue weighted by molar-refractivity contribution is 5.81. The lowest BCUT2D eigenvalue weighted by molar-refractivity contribution is -0.128. The van der Waals surface area contributed by atoms with Crippen LogP contribution < -0.4 is 11.1 Å². The van der Waals surface area contributed by atoms with Crippen molar-refractivity contribution in [3.8, 4) is 0 Å². The zero-order chi connectivity index (χ0) is 13.1. The van der Waals surface area contributed by atoms with Crippen molar-refractivity contribution in [2.24, 2.45) is 16.1 Å². The Kier molecular flexibility index (Phi) is 4.37. The van der Waals surface area contributed by atoms with E-state index in [4.69, 9.17) is 5.73 Å². The van der Waals surface area contributed by atoms with Gasteiger partial charge in [0, 0.05) is 25.0 Å². The van der Waals surface area contributed by atoms with E-state index in [0.717, 1.165) is 0 Å². The fourth-order valence-electron chi connectivity index (χ4n) is 1.37. The van der Waals surface area contributed by atoms with Gasteiger partial charge in [-0.3, -0.25) is 9.79 Å². The molecule has 0 aliphatic heterocycles. The number of nitrogens with two attached hydrogens (primary N) is 1. The number of amides is 1. The smallest absolute Gasteiger partial charge is 0.225 e. The second-order valence-electron chi connectivity index (χ2n) is 5.59. The van der Waals surface area contributed by atoms with Gasteiger partial charge in [0.15, 0.2) is 5.96 Å². The predicted molar refractivity (Wildman–Crippen MR) is 69.7 cm³/mol. The van der Waals surface area contributed by atoms with Gasteiger partial charge in [-0.15, -0.1) is 0 Å². The standard InChI is InChI=1S/C12H24N4O/c1-12(2,3)10(17)14-7-8-15-11(13)16(4)9-5-6-9/h9H,5-8H2,1-4H3,(H2,13,15)(H,14,17). The Balaban J connectivity index is 2.22. The van der Waals surface area contributed by atoms with Crippen LogP contribution in [0.5, 0.6) is 0 Å². The van der Waals surface area contributed by atoms with E-state index in [0.29, 0.717) is 25.1 Å². The molecule has 1 fully saturated rings. The van der Waals surface area contributed by atoms with Crippen LogP contribution in [0.3, 0.4) is 0 Å². The van der Waals surface area contributed by atoms with Crippen LogP contribution in [0, 0.1) is 5.41 Å². The van der Waals surface area contributed by atoms with Crippen LogP contribution in [-0.4, -0.2) is 42.9 Å². The molecule has 5 heteroatoms. The lowest BCUT2D eigenvalue weighted by atomic mass is 9.96. The Labute approximate surface area is 103 Å². The fraction of sp³-hybridized carbons (Fsp3) is 0.833. The molecule has 1 aliphatic carbocycles. The summed E-state index contributed by atoms with van der Waals surface area (Å²) in [5.74, 6) is 0.610. The molecular formula is C12H24N4O. The number of hydrogen-bond acceptors (Lipinski definition) is 2. The first-order valence-electron chi connectivity index (χ1n) is 6.13. The van der Waals surface area contributed by atoms with Gasteiger partial charge in [-0.05, 0) is 12.8 Å². The van der Waals surface area contributed by atoms with E-state index in [2.05, 4.69) is 10.3 Å². The van der Waals surface area contributed by atoms with Crippen molar-refractivity contribution in [1.29, 1.82) is 0 Å². The van der Waals surface area contributed by atoms with Crippen molar-refractivity contribution in [1.82, 2.24) is 10.2 Å². The molecule has 98 valence electrons. The number of rotatable bonds is 4. The Hall–Kier alpha value is -1.26. The Morgan fingerprint density at radius 1 is 1.47 bits per heavy atom. The average molecular weight is 240 g/mol. The third kappa shape index (κ3) is 4.63. The molecule has 17 heavy (non-hydrogen) atoms. The minimum atomic E-state index is -0.347. The second kappa shape index (κ2) is 5.38. The van der Waals surface area contributed by atoms with Gasteiger partial charge >= 0.3 is 0 Å². The van der Waals surface area contributed by atoms with Crippen LogP contribution in [0.15, 0.2) is 4.99 Å². The summed E-state index contributed by atoms with van der Waals surface area (Å²) < 4.78 is 0. The van der Waals surface area contributed by atoms with Gasteiger partial charge in [0.05, 0.1) is 6.54 Å². The maximum Gasteiger partial charge on any atom is 0.225 e. The average Bonchev–Trinajstić information content (AvgIpc) is 3.04. The highest BCUT2D eigenvalue weighted by Crippen LogP contribution is 2.24. The number of aliphatic imine (C=N–C) groups is 1. The molecule has 0 aromatic carbocycles. The van der Waals surface area contributed by atoms with Crippen molar-refractivity contribution in [2.75, 3.05) is 20.1 Å². The molecule has 0 saturated heterocycles. The van der Waals surface area contributed by atoms with Crippen LogP contribution in [0.25, 0.3) is 0 Å². The van der Waals surface area contributed by atoms with Crippen molar-refractivity contribution >= 4 is 11.9 Å². The number of hydrogen-bond donors (Lipinski definition) is 2. The minimum absolute atomic E-state index is 0.0434. The molecule has 0 spiro atoms. The molecule has 1 saturated carbocycles. The molecule has 0 unspecified atom stereocenters. The monoisotopic (exact) mass is 240 g/mol. The first kappa shape index (κ1) is 13.8. The number of nitrogens with zero attached hydrogens (tertiary/aromatic N) is 2. The van der Waals surface area contributed by atoms with Crippen LogP contribution in [-0.2, 0) is 4.79 Å². The van der Waals surface area contributed by atoms with Crippen molar-refractivity contribution in [2.45, 2.75) is 39.7 Å². The van der Waals surface area contributed by atoms with Crippen molar-refractivity contribution < 1.29 is 4.79 Å². The lowest BCUT2D eigenvalue weighted by Crippen LogP contribution is -2.38.